The molecule has 0 aliphatic carbocycles. The smallest absolute Gasteiger partial charge is 0.251 e. The van der Waals surface area contributed by atoms with Crippen molar-refractivity contribution in [1.82, 2.24) is 10.3 Å². The van der Waals surface area contributed by atoms with Gasteiger partial charge in [-0.1, -0.05) is 60.7 Å². The topological polar surface area (TPSA) is 45.2 Å². The highest BCUT2D eigenvalue weighted by Gasteiger charge is 2.39. The summed E-state index contributed by atoms with van der Waals surface area (Å²) in [5.74, 6) is 0.811. The molecular weight excluding hydrogens is 370 g/mol. The van der Waals surface area contributed by atoms with E-state index < -0.39 is 0 Å². The predicted octanol–water partition coefficient (Wildman–Crippen LogP) is 4.81. The number of anilines is 1. The highest BCUT2D eigenvalue weighted by Crippen LogP contribution is 2.41. The van der Waals surface area contributed by atoms with Gasteiger partial charge in [0.25, 0.3) is 5.91 Å². The molecule has 0 unspecified atom stereocenters. The Balaban J connectivity index is 1.70. The number of hydrogen-bond donors (Lipinski definition) is 1. The third-order valence-electron chi connectivity index (χ3n) is 5.90. The lowest BCUT2D eigenvalue weighted by atomic mass is 9.69. The van der Waals surface area contributed by atoms with Crippen molar-refractivity contribution in [3.8, 4) is 0 Å². The number of aromatic nitrogens is 1. The number of hydrogen-bond acceptors (Lipinski definition) is 3. The van der Waals surface area contributed by atoms with Gasteiger partial charge < -0.3 is 10.2 Å². The van der Waals surface area contributed by atoms with E-state index in [1.165, 1.54) is 11.1 Å². The van der Waals surface area contributed by atoms with Crippen LogP contribution in [0.5, 0.6) is 0 Å². The first-order valence-corrected chi connectivity index (χ1v) is 10.7. The van der Waals surface area contributed by atoms with Crippen molar-refractivity contribution >= 4 is 11.7 Å². The minimum absolute atomic E-state index is 0.0527. The van der Waals surface area contributed by atoms with E-state index >= 15 is 0 Å². The second-order valence-corrected chi connectivity index (χ2v) is 8.37. The van der Waals surface area contributed by atoms with Crippen LogP contribution in [-0.2, 0) is 5.41 Å². The minimum Gasteiger partial charge on any atom is -0.355 e. The molecule has 1 fully saturated rings. The second-order valence-electron chi connectivity index (χ2n) is 8.37. The first kappa shape index (κ1) is 20.1. The van der Waals surface area contributed by atoms with Gasteiger partial charge in [0.05, 0.1) is 0 Å². The lowest BCUT2D eigenvalue weighted by Crippen LogP contribution is -2.47. The maximum Gasteiger partial charge on any atom is 0.251 e. The van der Waals surface area contributed by atoms with Crippen molar-refractivity contribution in [3.05, 3.63) is 95.7 Å². The number of amides is 1. The summed E-state index contributed by atoms with van der Waals surface area (Å²) in [6, 6.07) is 25.4. The van der Waals surface area contributed by atoms with Crippen molar-refractivity contribution in [3.63, 3.8) is 0 Å². The monoisotopic (exact) mass is 399 g/mol. The van der Waals surface area contributed by atoms with E-state index in [1.807, 2.05) is 19.9 Å². The lowest BCUT2D eigenvalue weighted by Gasteiger charge is -2.44. The van der Waals surface area contributed by atoms with E-state index in [0.717, 1.165) is 31.7 Å². The van der Waals surface area contributed by atoms with Crippen molar-refractivity contribution in [2.75, 3.05) is 18.0 Å². The van der Waals surface area contributed by atoms with Crippen LogP contribution in [0, 0.1) is 0 Å². The normalized spacial score (nSPS) is 15.8. The number of carbonyl (C=O) groups excluding carboxylic acids is 1. The van der Waals surface area contributed by atoms with E-state index in [-0.39, 0.29) is 17.4 Å². The van der Waals surface area contributed by atoms with Gasteiger partial charge in [0.2, 0.25) is 0 Å². The van der Waals surface area contributed by atoms with Gasteiger partial charge in [-0.25, -0.2) is 4.98 Å². The Morgan fingerprint density at radius 3 is 2.23 bits per heavy atom. The van der Waals surface area contributed by atoms with Crippen molar-refractivity contribution in [1.29, 1.82) is 0 Å². The average Bonchev–Trinajstić information content (AvgIpc) is 2.80. The van der Waals surface area contributed by atoms with Crippen LogP contribution >= 0.6 is 0 Å². The maximum atomic E-state index is 12.5. The van der Waals surface area contributed by atoms with Crippen LogP contribution in [0.3, 0.4) is 0 Å². The number of nitrogens with one attached hydrogen (secondary N) is 1. The summed E-state index contributed by atoms with van der Waals surface area (Å²) in [4.78, 5) is 19.5. The molecule has 0 bridgehead atoms. The van der Waals surface area contributed by atoms with Gasteiger partial charge >= 0.3 is 0 Å². The Labute approximate surface area is 179 Å². The Kier molecular flexibility index (Phi) is 5.84. The minimum atomic E-state index is -0.0986. The first-order valence-electron chi connectivity index (χ1n) is 10.7. The van der Waals surface area contributed by atoms with Crippen molar-refractivity contribution in [2.45, 2.75) is 38.1 Å². The van der Waals surface area contributed by atoms with Crippen molar-refractivity contribution < 1.29 is 4.79 Å². The molecule has 0 spiro atoms. The summed E-state index contributed by atoms with van der Waals surface area (Å²) in [6.07, 6.45) is 3.89. The standard InChI is InChI=1S/C26H29N3O/c1-20(2)28-25(30)21-14-16-27-24(18-21)29-17-9-15-26(19-29,22-10-5-3-6-11-22)23-12-7-4-8-13-23/h3-8,10-14,16,18,20H,9,15,17,19H2,1-2H3,(H,28,30). The molecule has 3 aromatic rings. The van der Waals surface area contributed by atoms with Gasteiger partial charge in [0, 0.05) is 36.3 Å². The van der Waals surface area contributed by atoms with Crippen LogP contribution in [0.1, 0.15) is 48.2 Å². The molecule has 1 aliphatic rings. The van der Waals surface area contributed by atoms with Gasteiger partial charge in [0.15, 0.2) is 0 Å². The van der Waals surface area contributed by atoms with E-state index in [0.29, 0.717) is 5.56 Å². The predicted molar refractivity (Wildman–Crippen MR) is 122 cm³/mol. The van der Waals surface area contributed by atoms with Crippen LogP contribution < -0.4 is 10.2 Å². The Hall–Kier alpha value is -3.14. The fourth-order valence-electron chi connectivity index (χ4n) is 4.48. The zero-order chi connectivity index (χ0) is 21.0. The number of rotatable bonds is 5. The van der Waals surface area contributed by atoms with Crippen molar-refractivity contribution in [2.24, 2.45) is 0 Å². The number of pyridine rings is 1. The molecule has 2 heterocycles. The van der Waals surface area contributed by atoms with Gasteiger partial charge in [-0.15, -0.1) is 0 Å². The molecule has 1 aliphatic heterocycles. The van der Waals surface area contributed by atoms with E-state index in [2.05, 4.69) is 75.9 Å². The van der Waals surface area contributed by atoms with Crippen LogP contribution in [0.4, 0.5) is 5.82 Å². The van der Waals surface area contributed by atoms with Crippen LogP contribution in [-0.4, -0.2) is 30.0 Å². The molecular formula is C26H29N3O. The van der Waals surface area contributed by atoms with Gasteiger partial charge in [-0.3, -0.25) is 4.79 Å². The summed E-state index contributed by atoms with van der Waals surface area (Å²) < 4.78 is 0. The quantitative estimate of drug-likeness (QED) is 0.670. The van der Waals surface area contributed by atoms with Crippen LogP contribution in [0.25, 0.3) is 0 Å². The SMILES string of the molecule is CC(C)NC(=O)c1ccnc(N2CCCC(c3ccccc3)(c3ccccc3)C2)c1. The van der Waals surface area contributed by atoms with E-state index in [4.69, 9.17) is 0 Å². The molecule has 30 heavy (non-hydrogen) atoms. The van der Waals surface area contributed by atoms with E-state index in [1.54, 1.807) is 12.3 Å². The molecule has 1 saturated heterocycles. The third kappa shape index (κ3) is 4.09. The molecule has 0 saturated carbocycles. The first-order chi connectivity index (χ1) is 14.6. The zero-order valence-corrected chi connectivity index (χ0v) is 17.7. The molecule has 4 rings (SSSR count). The van der Waals surface area contributed by atoms with Gasteiger partial charge in [-0.05, 0) is 49.9 Å². The summed E-state index contributed by atoms with van der Waals surface area (Å²) in [5.41, 5.74) is 3.21. The van der Waals surface area contributed by atoms with Crippen LogP contribution in [0.2, 0.25) is 0 Å². The largest absolute Gasteiger partial charge is 0.355 e. The highest BCUT2D eigenvalue weighted by molar-refractivity contribution is 5.95. The van der Waals surface area contributed by atoms with E-state index in [9.17, 15) is 4.79 Å². The highest BCUT2D eigenvalue weighted by atomic mass is 16.1. The molecule has 4 nitrogen and oxygen atoms in total. The molecule has 1 N–H and O–H groups in total. The Morgan fingerprint density at radius 2 is 1.63 bits per heavy atom. The fourth-order valence-corrected chi connectivity index (χ4v) is 4.48. The number of piperidine rings is 1. The third-order valence-corrected chi connectivity index (χ3v) is 5.90. The number of carbonyl (C=O) groups is 1. The molecule has 154 valence electrons. The summed E-state index contributed by atoms with van der Waals surface area (Å²) in [6.45, 7) is 5.71. The molecule has 1 aromatic heterocycles. The number of nitrogens with zero attached hydrogens (tertiary/aromatic N) is 2. The molecule has 4 heteroatoms. The summed E-state index contributed by atoms with van der Waals surface area (Å²) in [7, 11) is 0. The number of benzene rings is 2. The maximum absolute atomic E-state index is 12.5. The summed E-state index contributed by atoms with van der Waals surface area (Å²) in [5, 5.41) is 2.97. The molecule has 0 radical (unpaired) electrons. The zero-order valence-electron chi connectivity index (χ0n) is 17.7. The Bertz CT molecular complexity index is 946. The lowest BCUT2D eigenvalue weighted by molar-refractivity contribution is 0.0943. The molecule has 0 atom stereocenters. The Morgan fingerprint density at radius 1 is 1.00 bits per heavy atom. The van der Waals surface area contributed by atoms with Gasteiger partial charge in [0.1, 0.15) is 5.82 Å². The van der Waals surface area contributed by atoms with Crippen LogP contribution in [0.15, 0.2) is 79.0 Å². The summed E-state index contributed by atoms with van der Waals surface area (Å²) >= 11 is 0. The van der Waals surface area contributed by atoms with Gasteiger partial charge in [-0.2, -0.15) is 0 Å². The molecule has 2 aromatic carbocycles. The second kappa shape index (κ2) is 8.70. The molecule has 1 amide bonds. The average molecular weight is 400 g/mol. The fraction of sp³-hybridized carbons (Fsp3) is 0.308.